The third kappa shape index (κ3) is 4.73. The molecule has 1 unspecified atom stereocenters. The fourth-order valence-corrected chi connectivity index (χ4v) is 3.99. The molecular weight excluding hydrogens is 312 g/mol. The van der Waals surface area contributed by atoms with E-state index < -0.39 is 10.0 Å². The largest absolute Gasteiger partial charge is 0.389 e. The summed E-state index contributed by atoms with van der Waals surface area (Å²) < 4.78 is 27.5. The van der Waals surface area contributed by atoms with Crippen LogP contribution in [0, 0.1) is 6.92 Å². The highest BCUT2D eigenvalue weighted by atomic mass is 32.2. The molecule has 3 N–H and O–H groups in total. The Bertz CT molecular complexity index is 585. The maximum Gasteiger partial charge on any atom is 0.241 e. The predicted octanol–water partition coefficient (Wildman–Crippen LogP) is 2.05. The van der Waals surface area contributed by atoms with E-state index in [1.165, 1.54) is 6.07 Å². The van der Waals surface area contributed by atoms with Crippen molar-refractivity contribution in [2.75, 3.05) is 12.0 Å². The van der Waals surface area contributed by atoms with Crippen LogP contribution in [0.4, 0.5) is 0 Å². The first kappa shape index (κ1) is 17.4. The molecule has 0 radical (unpaired) electrons. The maximum absolute atomic E-state index is 12.4. The molecule has 0 saturated heterocycles. The molecule has 112 valence electrons. The summed E-state index contributed by atoms with van der Waals surface area (Å²) >= 11 is 6.59. The van der Waals surface area contributed by atoms with Crippen LogP contribution < -0.4 is 10.5 Å². The van der Waals surface area contributed by atoms with Gasteiger partial charge in [-0.15, -0.1) is 0 Å². The lowest BCUT2D eigenvalue weighted by Crippen LogP contribution is -2.33. The van der Waals surface area contributed by atoms with Crippen LogP contribution in [0.1, 0.15) is 24.5 Å². The van der Waals surface area contributed by atoms with Gasteiger partial charge in [0.2, 0.25) is 10.0 Å². The zero-order chi connectivity index (χ0) is 15.3. The number of aryl methyl sites for hydroxylation is 1. The van der Waals surface area contributed by atoms with E-state index in [2.05, 4.69) is 4.72 Å². The lowest BCUT2D eigenvalue weighted by Gasteiger charge is -2.15. The zero-order valence-electron chi connectivity index (χ0n) is 11.8. The summed E-state index contributed by atoms with van der Waals surface area (Å²) in [6.07, 6.45) is 2.78. The molecule has 0 amide bonds. The Kier molecular flexibility index (Phi) is 6.44. The van der Waals surface area contributed by atoms with E-state index in [4.69, 9.17) is 18.0 Å². The van der Waals surface area contributed by atoms with Crippen molar-refractivity contribution in [1.82, 2.24) is 4.72 Å². The van der Waals surface area contributed by atoms with Crippen LogP contribution in [-0.2, 0) is 10.0 Å². The van der Waals surface area contributed by atoms with Crippen LogP contribution in [0.3, 0.4) is 0 Å². The van der Waals surface area contributed by atoms with E-state index in [-0.39, 0.29) is 15.9 Å². The standard InChI is InChI=1S/C13H20N2O2S3/c1-9-4-5-11(13(14)18)8-12(9)20(16,17)15-10(2)6-7-19-3/h4-5,8,10,15H,6-7H2,1-3H3,(H2,14,18). The van der Waals surface area contributed by atoms with E-state index in [9.17, 15) is 8.42 Å². The van der Waals surface area contributed by atoms with Crippen LogP contribution in [-0.4, -0.2) is 31.5 Å². The number of sulfonamides is 1. The number of hydrogen-bond donors (Lipinski definition) is 2. The van der Waals surface area contributed by atoms with Crippen molar-refractivity contribution in [2.24, 2.45) is 5.73 Å². The van der Waals surface area contributed by atoms with Gasteiger partial charge in [-0.1, -0.05) is 24.4 Å². The van der Waals surface area contributed by atoms with Crippen molar-refractivity contribution in [3.63, 3.8) is 0 Å². The van der Waals surface area contributed by atoms with Gasteiger partial charge in [0.05, 0.1) is 4.90 Å². The minimum atomic E-state index is -3.55. The van der Waals surface area contributed by atoms with E-state index in [0.717, 1.165) is 12.2 Å². The molecule has 0 heterocycles. The molecule has 1 aromatic carbocycles. The van der Waals surface area contributed by atoms with E-state index in [1.54, 1.807) is 30.8 Å². The quantitative estimate of drug-likeness (QED) is 0.748. The van der Waals surface area contributed by atoms with Crippen molar-refractivity contribution >= 4 is 39.0 Å². The van der Waals surface area contributed by atoms with E-state index in [1.807, 2.05) is 13.2 Å². The number of thiocarbonyl (C=S) groups is 1. The highest BCUT2D eigenvalue weighted by molar-refractivity contribution is 7.98. The van der Waals surface area contributed by atoms with E-state index in [0.29, 0.717) is 11.1 Å². The minimum Gasteiger partial charge on any atom is -0.389 e. The molecule has 0 aliphatic rings. The summed E-state index contributed by atoms with van der Waals surface area (Å²) in [5.74, 6) is 0.912. The number of benzene rings is 1. The minimum absolute atomic E-state index is 0.111. The summed E-state index contributed by atoms with van der Waals surface area (Å²) in [4.78, 5) is 0.427. The summed E-state index contributed by atoms with van der Waals surface area (Å²) in [5, 5.41) is 0. The fraction of sp³-hybridized carbons (Fsp3) is 0.462. The number of nitrogens with one attached hydrogen (secondary N) is 1. The molecule has 1 aromatic rings. The zero-order valence-corrected chi connectivity index (χ0v) is 14.3. The first-order chi connectivity index (χ1) is 9.27. The Morgan fingerprint density at radius 2 is 2.15 bits per heavy atom. The monoisotopic (exact) mass is 332 g/mol. The Labute approximate surface area is 130 Å². The molecule has 1 atom stereocenters. The number of thioether (sulfide) groups is 1. The lowest BCUT2D eigenvalue weighted by molar-refractivity contribution is 0.556. The van der Waals surface area contributed by atoms with Crippen molar-refractivity contribution in [3.05, 3.63) is 29.3 Å². The average Bonchev–Trinajstić information content (AvgIpc) is 2.35. The fourth-order valence-electron chi connectivity index (χ4n) is 1.72. The summed E-state index contributed by atoms with van der Waals surface area (Å²) in [6, 6.07) is 4.87. The molecule has 0 bridgehead atoms. The Balaban J connectivity index is 3.03. The first-order valence-corrected chi connectivity index (χ1v) is 9.48. The highest BCUT2D eigenvalue weighted by Gasteiger charge is 2.20. The van der Waals surface area contributed by atoms with Gasteiger partial charge in [0, 0.05) is 11.6 Å². The highest BCUT2D eigenvalue weighted by Crippen LogP contribution is 2.18. The third-order valence-electron chi connectivity index (χ3n) is 2.87. The van der Waals surface area contributed by atoms with Crippen LogP contribution in [0.15, 0.2) is 23.1 Å². The number of nitrogens with two attached hydrogens (primary N) is 1. The van der Waals surface area contributed by atoms with Crippen molar-refractivity contribution in [1.29, 1.82) is 0 Å². The topological polar surface area (TPSA) is 72.2 Å². The molecule has 20 heavy (non-hydrogen) atoms. The Hall–Kier alpha value is -0.630. The van der Waals surface area contributed by atoms with Gasteiger partial charge in [0.25, 0.3) is 0 Å². The Morgan fingerprint density at radius 3 is 2.70 bits per heavy atom. The van der Waals surface area contributed by atoms with Crippen LogP contribution in [0.25, 0.3) is 0 Å². The summed E-state index contributed by atoms with van der Waals surface area (Å²) in [6.45, 7) is 3.62. The molecule has 0 aliphatic carbocycles. The SMILES string of the molecule is CSCCC(C)NS(=O)(=O)c1cc(C(N)=S)ccc1C. The molecule has 0 aromatic heterocycles. The van der Waals surface area contributed by atoms with Gasteiger partial charge in [0.1, 0.15) is 4.99 Å². The van der Waals surface area contributed by atoms with Crippen molar-refractivity contribution in [3.8, 4) is 0 Å². The molecule has 0 fully saturated rings. The third-order valence-corrected chi connectivity index (χ3v) is 5.48. The van der Waals surface area contributed by atoms with Crippen LogP contribution in [0.2, 0.25) is 0 Å². The smallest absolute Gasteiger partial charge is 0.241 e. The number of hydrogen-bond acceptors (Lipinski definition) is 4. The molecule has 4 nitrogen and oxygen atoms in total. The molecule has 0 saturated carbocycles. The molecule has 7 heteroatoms. The molecular formula is C13H20N2O2S3. The predicted molar refractivity (Wildman–Crippen MR) is 89.8 cm³/mol. The molecule has 0 aliphatic heterocycles. The first-order valence-electron chi connectivity index (χ1n) is 6.19. The van der Waals surface area contributed by atoms with Crippen LogP contribution in [0.5, 0.6) is 0 Å². The second kappa shape index (κ2) is 7.40. The van der Waals surface area contributed by atoms with Gasteiger partial charge in [0.15, 0.2) is 0 Å². The average molecular weight is 333 g/mol. The second-order valence-electron chi connectivity index (χ2n) is 4.65. The maximum atomic E-state index is 12.4. The van der Waals surface area contributed by atoms with Crippen molar-refractivity contribution < 1.29 is 8.42 Å². The van der Waals surface area contributed by atoms with Gasteiger partial charge in [-0.25, -0.2) is 13.1 Å². The van der Waals surface area contributed by atoms with Crippen molar-refractivity contribution in [2.45, 2.75) is 31.2 Å². The summed E-state index contributed by atoms with van der Waals surface area (Å²) in [5.41, 5.74) is 6.79. The molecule has 1 rings (SSSR count). The lowest BCUT2D eigenvalue weighted by atomic mass is 10.1. The van der Waals surface area contributed by atoms with Gasteiger partial charge in [-0.05, 0) is 43.9 Å². The van der Waals surface area contributed by atoms with Gasteiger partial charge < -0.3 is 5.73 Å². The number of rotatable bonds is 7. The normalized spacial score (nSPS) is 13.2. The van der Waals surface area contributed by atoms with Crippen LogP contribution >= 0.6 is 24.0 Å². The summed E-state index contributed by atoms with van der Waals surface area (Å²) in [7, 11) is -3.55. The van der Waals surface area contributed by atoms with E-state index >= 15 is 0 Å². The molecule has 0 spiro atoms. The Morgan fingerprint density at radius 1 is 1.50 bits per heavy atom. The second-order valence-corrected chi connectivity index (χ2v) is 7.76. The van der Waals surface area contributed by atoms with Gasteiger partial charge in [-0.3, -0.25) is 0 Å². The van der Waals surface area contributed by atoms with Gasteiger partial charge >= 0.3 is 0 Å². The van der Waals surface area contributed by atoms with Gasteiger partial charge in [-0.2, -0.15) is 11.8 Å².